The number of para-hydroxylation sites is 1. The smallest absolute Gasteiger partial charge is 0.307 e. The first-order chi connectivity index (χ1) is 7.59. The summed E-state index contributed by atoms with van der Waals surface area (Å²) in [5.74, 6) is -0.965. The van der Waals surface area contributed by atoms with Gasteiger partial charge < -0.3 is 10.1 Å². The second-order valence-electron chi connectivity index (χ2n) is 3.34. The van der Waals surface area contributed by atoms with Crippen LogP contribution in [-0.2, 0) is 11.2 Å². The fourth-order valence-electron chi connectivity index (χ4n) is 1.66. The van der Waals surface area contributed by atoms with Crippen LogP contribution in [0.5, 0.6) is 0 Å². The average Bonchev–Trinajstić information content (AvgIpc) is 2.60. The fraction of sp³-hybridized carbons (Fsp3) is 0.100. The number of carboxylic acids is 1. The maximum Gasteiger partial charge on any atom is 0.307 e. The molecule has 0 aliphatic carbocycles. The molecule has 0 radical (unpaired) electrons. The zero-order chi connectivity index (χ0) is 11.7. The Hall–Kier alpha value is -2.37. The summed E-state index contributed by atoms with van der Waals surface area (Å²) >= 11 is 0. The third kappa shape index (κ3) is 1.60. The number of hydrogen-bond acceptors (Lipinski definition) is 3. The van der Waals surface area contributed by atoms with Crippen molar-refractivity contribution < 1.29 is 14.8 Å². The summed E-state index contributed by atoms with van der Waals surface area (Å²) in [6.07, 6.45) is 1.34. The molecule has 16 heavy (non-hydrogen) atoms. The molecule has 6 nitrogen and oxygen atoms in total. The molecule has 1 aromatic heterocycles. The van der Waals surface area contributed by atoms with Crippen molar-refractivity contribution in [1.82, 2.24) is 4.98 Å². The maximum absolute atomic E-state index is 10.7. The number of nitro benzene ring substituents is 1. The standard InChI is InChI=1S/C10H8N2O4/c13-9(14)4-6-5-11-10-7(6)2-1-3-8(10)12(15)16/h1-3,5,11H,4H2,(H,13,14). The molecule has 0 fully saturated rings. The van der Waals surface area contributed by atoms with Gasteiger partial charge in [-0.1, -0.05) is 12.1 Å². The van der Waals surface area contributed by atoms with Crippen LogP contribution in [0.1, 0.15) is 5.56 Å². The number of aliphatic carboxylic acids is 1. The first-order valence-corrected chi connectivity index (χ1v) is 4.54. The third-order valence-corrected chi connectivity index (χ3v) is 2.32. The average molecular weight is 220 g/mol. The second kappa shape index (κ2) is 3.65. The summed E-state index contributed by atoms with van der Waals surface area (Å²) in [7, 11) is 0. The predicted molar refractivity (Wildman–Crippen MR) is 56.3 cm³/mol. The van der Waals surface area contributed by atoms with Gasteiger partial charge in [0.2, 0.25) is 0 Å². The summed E-state index contributed by atoms with van der Waals surface area (Å²) in [6.45, 7) is 0. The molecule has 82 valence electrons. The van der Waals surface area contributed by atoms with Gasteiger partial charge in [0.15, 0.2) is 0 Å². The monoisotopic (exact) mass is 220 g/mol. The maximum atomic E-state index is 10.7. The van der Waals surface area contributed by atoms with E-state index in [0.717, 1.165) is 0 Å². The number of carboxylic acid groups (broad SMARTS) is 1. The van der Waals surface area contributed by atoms with Crippen LogP contribution in [-0.4, -0.2) is 21.0 Å². The van der Waals surface area contributed by atoms with Gasteiger partial charge in [0, 0.05) is 17.6 Å². The Morgan fingerprint density at radius 3 is 2.88 bits per heavy atom. The van der Waals surface area contributed by atoms with E-state index in [2.05, 4.69) is 4.98 Å². The van der Waals surface area contributed by atoms with Gasteiger partial charge in [-0.2, -0.15) is 0 Å². The molecule has 0 aliphatic rings. The van der Waals surface area contributed by atoms with Crippen molar-refractivity contribution in [3.05, 3.63) is 40.1 Å². The van der Waals surface area contributed by atoms with Gasteiger partial charge in [0.25, 0.3) is 5.69 Å². The van der Waals surface area contributed by atoms with Crippen molar-refractivity contribution in [2.24, 2.45) is 0 Å². The van der Waals surface area contributed by atoms with Gasteiger partial charge in [-0.25, -0.2) is 0 Å². The van der Waals surface area contributed by atoms with Crippen LogP contribution in [0.2, 0.25) is 0 Å². The van der Waals surface area contributed by atoms with Crippen LogP contribution < -0.4 is 0 Å². The number of nitro groups is 1. The lowest BCUT2D eigenvalue weighted by molar-refractivity contribution is -0.383. The molecule has 0 atom stereocenters. The fourth-order valence-corrected chi connectivity index (χ4v) is 1.66. The summed E-state index contributed by atoms with van der Waals surface area (Å²) < 4.78 is 0. The van der Waals surface area contributed by atoms with Crippen molar-refractivity contribution in [3.63, 3.8) is 0 Å². The minimum Gasteiger partial charge on any atom is -0.481 e. The van der Waals surface area contributed by atoms with Crippen LogP contribution >= 0.6 is 0 Å². The van der Waals surface area contributed by atoms with Gasteiger partial charge in [-0.05, 0) is 5.56 Å². The lowest BCUT2D eigenvalue weighted by atomic mass is 10.1. The Kier molecular flexibility index (Phi) is 2.32. The van der Waals surface area contributed by atoms with Crippen molar-refractivity contribution in [2.45, 2.75) is 6.42 Å². The van der Waals surface area contributed by atoms with E-state index in [0.29, 0.717) is 16.5 Å². The van der Waals surface area contributed by atoms with E-state index in [1.165, 1.54) is 12.3 Å². The predicted octanol–water partition coefficient (Wildman–Crippen LogP) is 1.70. The number of non-ortho nitro benzene ring substituents is 1. The minimum atomic E-state index is -0.965. The van der Waals surface area contributed by atoms with E-state index in [4.69, 9.17) is 5.11 Å². The Bertz CT molecular complexity index is 573. The van der Waals surface area contributed by atoms with E-state index in [-0.39, 0.29) is 12.1 Å². The summed E-state index contributed by atoms with van der Waals surface area (Å²) in [5.41, 5.74) is 0.865. The largest absolute Gasteiger partial charge is 0.481 e. The SMILES string of the molecule is O=C(O)Cc1c[nH]c2c([N+](=O)[O-])cccc12. The highest BCUT2D eigenvalue weighted by molar-refractivity contribution is 5.92. The number of aromatic amines is 1. The third-order valence-electron chi connectivity index (χ3n) is 2.32. The highest BCUT2D eigenvalue weighted by atomic mass is 16.6. The van der Waals surface area contributed by atoms with E-state index in [1.807, 2.05) is 0 Å². The van der Waals surface area contributed by atoms with Gasteiger partial charge in [0.05, 0.1) is 11.3 Å². The van der Waals surface area contributed by atoms with E-state index < -0.39 is 10.9 Å². The Balaban J connectivity index is 2.61. The summed E-state index contributed by atoms with van der Waals surface area (Å²) in [5, 5.41) is 20.0. The molecule has 6 heteroatoms. The van der Waals surface area contributed by atoms with Gasteiger partial charge >= 0.3 is 5.97 Å². The van der Waals surface area contributed by atoms with Crippen LogP contribution in [0.15, 0.2) is 24.4 Å². The highest BCUT2D eigenvalue weighted by Gasteiger charge is 2.15. The zero-order valence-corrected chi connectivity index (χ0v) is 8.14. The number of nitrogens with one attached hydrogen (secondary N) is 1. The number of hydrogen-bond donors (Lipinski definition) is 2. The first-order valence-electron chi connectivity index (χ1n) is 4.54. The number of H-pyrrole nitrogens is 1. The Morgan fingerprint density at radius 2 is 2.25 bits per heavy atom. The topological polar surface area (TPSA) is 96.2 Å². The Morgan fingerprint density at radius 1 is 1.50 bits per heavy atom. The molecule has 1 aromatic carbocycles. The molecule has 0 bridgehead atoms. The van der Waals surface area contributed by atoms with Crippen LogP contribution in [0.25, 0.3) is 10.9 Å². The molecule has 0 aliphatic heterocycles. The van der Waals surface area contributed by atoms with Gasteiger partial charge in [0.1, 0.15) is 5.52 Å². The molecule has 0 unspecified atom stereocenters. The van der Waals surface area contributed by atoms with E-state index in [9.17, 15) is 14.9 Å². The van der Waals surface area contributed by atoms with Crippen LogP contribution in [0.3, 0.4) is 0 Å². The molecular formula is C10H8N2O4. The number of aromatic nitrogens is 1. The number of fused-ring (bicyclic) bond motifs is 1. The van der Waals surface area contributed by atoms with Crippen molar-refractivity contribution in [3.8, 4) is 0 Å². The van der Waals surface area contributed by atoms with Crippen LogP contribution in [0.4, 0.5) is 5.69 Å². The molecule has 2 aromatic rings. The molecule has 2 N–H and O–H groups in total. The number of nitrogens with zero attached hydrogens (tertiary/aromatic N) is 1. The number of benzene rings is 1. The quantitative estimate of drug-likeness (QED) is 0.607. The molecule has 1 heterocycles. The van der Waals surface area contributed by atoms with Gasteiger partial charge in [-0.3, -0.25) is 14.9 Å². The van der Waals surface area contributed by atoms with Crippen molar-refractivity contribution in [2.75, 3.05) is 0 Å². The lowest BCUT2D eigenvalue weighted by Gasteiger charge is -1.95. The molecular weight excluding hydrogens is 212 g/mol. The molecule has 0 saturated heterocycles. The number of carbonyl (C=O) groups is 1. The summed E-state index contributed by atoms with van der Waals surface area (Å²) in [6, 6.07) is 4.58. The lowest BCUT2D eigenvalue weighted by Crippen LogP contribution is -1.98. The number of rotatable bonds is 3. The van der Waals surface area contributed by atoms with Crippen molar-refractivity contribution >= 4 is 22.6 Å². The molecule has 0 saturated carbocycles. The van der Waals surface area contributed by atoms with E-state index >= 15 is 0 Å². The molecule has 2 rings (SSSR count). The second-order valence-corrected chi connectivity index (χ2v) is 3.34. The van der Waals surface area contributed by atoms with Gasteiger partial charge in [-0.15, -0.1) is 0 Å². The first kappa shape index (κ1) is 10.2. The zero-order valence-electron chi connectivity index (χ0n) is 8.14. The Labute approximate surface area is 89.7 Å². The minimum absolute atomic E-state index is 0.0471. The van der Waals surface area contributed by atoms with Crippen molar-refractivity contribution in [1.29, 1.82) is 0 Å². The van der Waals surface area contributed by atoms with Crippen LogP contribution in [0, 0.1) is 10.1 Å². The van der Waals surface area contributed by atoms with E-state index in [1.54, 1.807) is 12.1 Å². The summed E-state index contributed by atoms with van der Waals surface area (Å²) in [4.78, 5) is 23.5. The molecule has 0 amide bonds. The normalized spacial score (nSPS) is 10.5. The molecule has 0 spiro atoms. The highest BCUT2D eigenvalue weighted by Crippen LogP contribution is 2.27.